The maximum Gasteiger partial charge on any atom is 0.279 e. The molecular formula is C25H22FN3O2. The predicted octanol–water partition coefficient (Wildman–Crippen LogP) is 4.92. The zero-order chi connectivity index (χ0) is 22.2. The van der Waals surface area contributed by atoms with E-state index in [2.05, 4.69) is 5.10 Å². The van der Waals surface area contributed by atoms with Gasteiger partial charge in [0, 0.05) is 37.3 Å². The highest BCUT2D eigenvalue weighted by Crippen LogP contribution is 2.26. The third-order valence-electron chi connectivity index (χ3n) is 4.95. The fourth-order valence-electron chi connectivity index (χ4n) is 3.28. The van der Waals surface area contributed by atoms with Gasteiger partial charge in [0.2, 0.25) is 0 Å². The Hall–Kier alpha value is -3.80. The Morgan fingerprint density at radius 1 is 0.968 bits per heavy atom. The summed E-state index contributed by atoms with van der Waals surface area (Å²) < 4.78 is 15.9. The van der Waals surface area contributed by atoms with E-state index in [1.807, 2.05) is 57.2 Å². The minimum atomic E-state index is -0.564. The normalized spacial score (nSPS) is 12.3. The number of benzene rings is 3. The Morgan fingerprint density at radius 3 is 2.39 bits per heavy atom. The zero-order valence-corrected chi connectivity index (χ0v) is 17.5. The van der Waals surface area contributed by atoms with E-state index in [1.54, 1.807) is 24.3 Å². The van der Waals surface area contributed by atoms with Crippen LogP contribution in [0.5, 0.6) is 0 Å². The average molecular weight is 415 g/mol. The van der Waals surface area contributed by atoms with Gasteiger partial charge in [0.05, 0.1) is 16.8 Å². The van der Waals surface area contributed by atoms with Gasteiger partial charge in [-0.2, -0.15) is 9.78 Å². The molecule has 0 bridgehead atoms. The van der Waals surface area contributed by atoms with E-state index in [-0.39, 0.29) is 5.56 Å². The van der Waals surface area contributed by atoms with Gasteiger partial charge in [-0.05, 0) is 36.4 Å². The number of fused-ring (bicyclic) bond motifs is 1. The molecule has 0 saturated heterocycles. The van der Waals surface area contributed by atoms with Crippen molar-refractivity contribution in [2.75, 3.05) is 0 Å². The molecule has 31 heavy (non-hydrogen) atoms. The molecular weight excluding hydrogens is 393 g/mol. The van der Waals surface area contributed by atoms with Crippen molar-refractivity contribution in [1.82, 2.24) is 9.78 Å². The van der Waals surface area contributed by atoms with E-state index >= 15 is 0 Å². The van der Waals surface area contributed by atoms with Crippen molar-refractivity contribution in [2.45, 2.75) is 26.3 Å². The monoisotopic (exact) mass is 415 g/mol. The van der Waals surface area contributed by atoms with Crippen molar-refractivity contribution < 1.29 is 9.13 Å². The molecule has 0 saturated carbocycles. The topological polar surface area (TPSA) is 61.0 Å². The Labute approximate surface area is 179 Å². The van der Waals surface area contributed by atoms with E-state index in [0.29, 0.717) is 22.2 Å². The van der Waals surface area contributed by atoms with Gasteiger partial charge >= 0.3 is 0 Å². The summed E-state index contributed by atoms with van der Waals surface area (Å²) >= 11 is 0. The number of aromatic nitrogens is 2. The van der Waals surface area contributed by atoms with E-state index < -0.39 is 11.4 Å². The summed E-state index contributed by atoms with van der Waals surface area (Å²) in [6.45, 7) is 5.51. The average Bonchev–Trinajstić information content (AvgIpc) is 2.74. The van der Waals surface area contributed by atoms with Crippen LogP contribution in [0.25, 0.3) is 27.7 Å². The maximum atomic E-state index is 13.8. The second kappa shape index (κ2) is 7.80. The molecule has 1 aromatic heterocycles. The van der Waals surface area contributed by atoms with E-state index in [1.165, 1.54) is 23.0 Å². The second-order valence-corrected chi connectivity index (χ2v) is 8.34. The van der Waals surface area contributed by atoms with Crippen molar-refractivity contribution in [3.63, 3.8) is 0 Å². The van der Waals surface area contributed by atoms with Gasteiger partial charge in [-0.15, -0.1) is 0 Å². The van der Waals surface area contributed by atoms with Crippen molar-refractivity contribution in [2.24, 2.45) is 0 Å². The summed E-state index contributed by atoms with van der Waals surface area (Å²) in [6, 6.07) is 20.4. The lowest BCUT2D eigenvalue weighted by atomic mass is 10.0. The molecule has 6 heteroatoms. The van der Waals surface area contributed by atoms with Gasteiger partial charge in [-0.25, -0.2) is 9.13 Å². The molecule has 0 aliphatic rings. The summed E-state index contributed by atoms with van der Waals surface area (Å²) in [6.07, 6.45) is 1.54. The Kier molecular flexibility index (Phi) is 5.15. The number of hydroxylamine groups is 1. The minimum Gasteiger partial charge on any atom is -0.623 e. The highest BCUT2D eigenvalue weighted by atomic mass is 19.1. The third-order valence-corrected chi connectivity index (χ3v) is 4.95. The molecule has 0 aliphatic heterocycles. The summed E-state index contributed by atoms with van der Waals surface area (Å²) in [7, 11) is 0. The van der Waals surface area contributed by atoms with Crippen LogP contribution in [-0.2, 0) is 0 Å². The van der Waals surface area contributed by atoms with E-state index in [0.717, 1.165) is 15.9 Å². The molecule has 3 aromatic carbocycles. The fraction of sp³-hybridized carbons (Fsp3) is 0.160. The number of hydrogen-bond donors (Lipinski definition) is 0. The molecule has 0 unspecified atom stereocenters. The first-order chi connectivity index (χ1) is 14.7. The van der Waals surface area contributed by atoms with Crippen molar-refractivity contribution in [3.05, 3.63) is 99.7 Å². The van der Waals surface area contributed by atoms with Gasteiger partial charge in [0.25, 0.3) is 5.56 Å². The summed E-state index contributed by atoms with van der Waals surface area (Å²) in [4.78, 5) is 13.1. The first-order valence-electron chi connectivity index (χ1n) is 9.94. The quantitative estimate of drug-likeness (QED) is 0.207. The van der Waals surface area contributed by atoms with Crippen molar-refractivity contribution >= 4 is 17.0 Å². The zero-order valence-electron chi connectivity index (χ0n) is 17.5. The Morgan fingerprint density at radius 2 is 1.68 bits per heavy atom. The van der Waals surface area contributed by atoms with Crippen LogP contribution in [0, 0.1) is 11.0 Å². The first kappa shape index (κ1) is 20.5. The van der Waals surface area contributed by atoms with Gasteiger partial charge in [-0.1, -0.05) is 36.4 Å². The van der Waals surface area contributed by atoms with Crippen LogP contribution >= 0.6 is 0 Å². The van der Waals surface area contributed by atoms with Crippen LogP contribution in [0.15, 0.2) is 77.6 Å². The molecule has 5 nitrogen and oxygen atoms in total. The highest BCUT2D eigenvalue weighted by Gasteiger charge is 2.19. The fourth-order valence-corrected chi connectivity index (χ4v) is 3.28. The lowest BCUT2D eigenvalue weighted by Gasteiger charge is -2.18. The molecule has 0 amide bonds. The number of rotatable bonds is 3. The number of hydrogen-bond acceptors (Lipinski definition) is 3. The molecule has 0 radical (unpaired) electrons. The van der Waals surface area contributed by atoms with Crippen molar-refractivity contribution in [3.8, 4) is 16.9 Å². The van der Waals surface area contributed by atoms with Crippen LogP contribution in [0.4, 0.5) is 4.39 Å². The summed E-state index contributed by atoms with van der Waals surface area (Å²) in [5.74, 6) is -0.449. The molecule has 0 atom stereocenters. The van der Waals surface area contributed by atoms with E-state index in [9.17, 15) is 14.4 Å². The molecule has 1 heterocycles. The smallest absolute Gasteiger partial charge is 0.279 e. The minimum absolute atomic E-state index is 0.328. The van der Waals surface area contributed by atoms with Gasteiger partial charge in [0.1, 0.15) is 5.82 Å². The van der Waals surface area contributed by atoms with Crippen LogP contribution in [0.2, 0.25) is 0 Å². The number of nitrogens with zero attached hydrogens (tertiary/aromatic N) is 3. The summed E-state index contributed by atoms with van der Waals surface area (Å²) in [5.41, 5.74) is 1.49. The standard InChI is InChI=1S/C25H22FN3O2/c1-25(2,3)28(31)16-17-8-6-9-18(14-17)23-21-12-4-5-13-22(21)24(30)29(27-23)20-11-7-10-19(26)15-20/h4-16H,1-3H3. The summed E-state index contributed by atoms with van der Waals surface area (Å²) in [5, 5.41) is 18.1. The van der Waals surface area contributed by atoms with Gasteiger partial charge in [-0.3, -0.25) is 4.79 Å². The van der Waals surface area contributed by atoms with Gasteiger partial charge in [0.15, 0.2) is 11.8 Å². The van der Waals surface area contributed by atoms with Crippen LogP contribution in [-0.4, -0.2) is 26.3 Å². The second-order valence-electron chi connectivity index (χ2n) is 8.34. The SMILES string of the molecule is CC(C)(C)[N+]([O-])=Cc1cccc(-c2nn(-c3cccc(F)c3)c(=O)c3ccccc23)c1. The molecule has 4 aromatic rings. The molecule has 156 valence electrons. The van der Waals surface area contributed by atoms with Crippen LogP contribution < -0.4 is 5.56 Å². The molecule has 0 N–H and O–H groups in total. The van der Waals surface area contributed by atoms with Crippen molar-refractivity contribution in [1.29, 1.82) is 0 Å². The largest absolute Gasteiger partial charge is 0.623 e. The first-order valence-corrected chi connectivity index (χ1v) is 9.94. The third kappa shape index (κ3) is 4.10. The molecule has 0 fully saturated rings. The lowest BCUT2D eigenvalue weighted by Crippen LogP contribution is -2.29. The molecule has 0 spiro atoms. The molecule has 4 rings (SSSR count). The Balaban J connectivity index is 1.96. The van der Waals surface area contributed by atoms with E-state index in [4.69, 9.17) is 0 Å². The van der Waals surface area contributed by atoms with Crippen LogP contribution in [0.3, 0.4) is 0 Å². The Bertz CT molecular complexity index is 1370. The highest BCUT2D eigenvalue weighted by molar-refractivity contribution is 5.94. The van der Waals surface area contributed by atoms with Gasteiger partial charge < -0.3 is 5.21 Å². The van der Waals surface area contributed by atoms with Crippen LogP contribution in [0.1, 0.15) is 26.3 Å². The maximum absolute atomic E-state index is 13.8. The number of halogens is 1. The lowest BCUT2D eigenvalue weighted by molar-refractivity contribution is -0.530. The predicted molar refractivity (Wildman–Crippen MR) is 121 cm³/mol. The molecule has 0 aliphatic carbocycles.